The van der Waals surface area contributed by atoms with Crippen molar-refractivity contribution in [1.29, 1.82) is 0 Å². The first-order valence-corrected chi connectivity index (χ1v) is 6.98. The monoisotopic (exact) mass is 277 g/mol. The quantitative estimate of drug-likeness (QED) is 0.916. The van der Waals surface area contributed by atoms with Crippen molar-refractivity contribution in [2.24, 2.45) is 0 Å². The molecule has 0 aliphatic carbocycles. The van der Waals surface area contributed by atoms with E-state index in [-0.39, 0.29) is 5.54 Å². The van der Waals surface area contributed by atoms with Gasteiger partial charge in [0.15, 0.2) is 0 Å². The molecule has 0 amide bonds. The largest absolute Gasteiger partial charge is 0.481 e. The van der Waals surface area contributed by atoms with Crippen molar-refractivity contribution in [2.75, 3.05) is 26.3 Å². The van der Waals surface area contributed by atoms with Gasteiger partial charge in [0.25, 0.3) is 0 Å². The predicted molar refractivity (Wildman–Crippen MR) is 77.9 cm³/mol. The van der Waals surface area contributed by atoms with Gasteiger partial charge < -0.3 is 9.84 Å². The van der Waals surface area contributed by atoms with Crippen LogP contribution in [0.15, 0.2) is 30.3 Å². The third kappa shape index (κ3) is 2.86. The Kier molecular flexibility index (Phi) is 4.16. The van der Waals surface area contributed by atoms with E-state index in [1.54, 1.807) is 6.92 Å². The number of rotatable bonds is 4. The number of nitrogens with zero attached hydrogens (tertiary/aromatic N) is 1. The summed E-state index contributed by atoms with van der Waals surface area (Å²) in [4.78, 5) is 14.1. The first kappa shape index (κ1) is 15.0. The maximum Gasteiger partial charge on any atom is 0.315 e. The summed E-state index contributed by atoms with van der Waals surface area (Å²) in [5.74, 6) is -0.786. The molecule has 4 heteroatoms. The topological polar surface area (TPSA) is 49.8 Å². The van der Waals surface area contributed by atoms with E-state index < -0.39 is 11.4 Å². The smallest absolute Gasteiger partial charge is 0.315 e. The van der Waals surface area contributed by atoms with E-state index in [0.717, 1.165) is 12.1 Å². The number of benzene rings is 1. The average Bonchev–Trinajstić information content (AvgIpc) is 2.41. The minimum Gasteiger partial charge on any atom is -0.481 e. The standard InChI is InChI=1S/C16H23NO3/c1-15(2)12-20-10-9-17(15)11-16(3,14(18)19)13-7-5-4-6-8-13/h4-8H,9-12H2,1-3H3,(H,18,19). The van der Waals surface area contributed by atoms with Crippen LogP contribution in [0, 0.1) is 0 Å². The van der Waals surface area contributed by atoms with E-state index in [1.807, 2.05) is 30.3 Å². The highest BCUT2D eigenvalue weighted by Gasteiger charge is 2.41. The molecule has 1 N–H and O–H groups in total. The van der Waals surface area contributed by atoms with Crippen molar-refractivity contribution in [3.05, 3.63) is 35.9 Å². The highest BCUT2D eigenvalue weighted by Crippen LogP contribution is 2.29. The van der Waals surface area contributed by atoms with Crippen LogP contribution >= 0.6 is 0 Å². The molecule has 0 saturated carbocycles. The van der Waals surface area contributed by atoms with Crippen LogP contribution in [-0.4, -0.2) is 47.8 Å². The van der Waals surface area contributed by atoms with E-state index >= 15 is 0 Å². The van der Waals surface area contributed by atoms with Crippen molar-refractivity contribution in [2.45, 2.75) is 31.7 Å². The van der Waals surface area contributed by atoms with Crippen LogP contribution in [0.3, 0.4) is 0 Å². The predicted octanol–water partition coefficient (Wildman–Crippen LogP) is 2.14. The summed E-state index contributed by atoms with van der Waals surface area (Å²) in [6.45, 7) is 8.55. The summed E-state index contributed by atoms with van der Waals surface area (Å²) in [6, 6.07) is 9.47. The molecule has 1 heterocycles. The zero-order valence-corrected chi connectivity index (χ0v) is 12.4. The Morgan fingerprint density at radius 2 is 2.05 bits per heavy atom. The molecule has 1 saturated heterocycles. The summed E-state index contributed by atoms with van der Waals surface area (Å²) in [7, 11) is 0. The normalized spacial score (nSPS) is 22.1. The van der Waals surface area contributed by atoms with E-state index in [9.17, 15) is 9.90 Å². The van der Waals surface area contributed by atoms with E-state index in [1.165, 1.54) is 0 Å². The van der Waals surface area contributed by atoms with Gasteiger partial charge in [-0.2, -0.15) is 0 Å². The SMILES string of the molecule is CC(CN1CCOCC1(C)C)(C(=O)O)c1ccccc1. The van der Waals surface area contributed by atoms with Gasteiger partial charge in [-0.05, 0) is 26.3 Å². The lowest BCUT2D eigenvalue weighted by Crippen LogP contribution is -2.58. The molecular weight excluding hydrogens is 254 g/mol. The molecule has 0 bridgehead atoms. The Bertz CT molecular complexity index is 472. The molecule has 1 aliphatic rings. The fourth-order valence-electron chi connectivity index (χ4n) is 2.65. The van der Waals surface area contributed by atoms with Gasteiger partial charge in [-0.1, -0.05) is 30.3 Å². The lowest BCUT2D eigenvalue weighted by molar-refractivity contribution is -0.146. The van der Waals surface area contributed by atoms with Gasteiger partial charge in [0.1, 0.15) is 5.41 Å². The highest BCUT2D eigenvalue weighted by molar-refractivity contribution is 5.81. The van der Waals surface area contributed by atoms with Gasteiger partial charge in [0, 0.05) is 18.6 Å². The Balaban J connectivity index is 2.28. The van der Waals surface area contributed by atoms with Crippen LogP contribution in [0.2, 0.25) is 0 Å². The van der Waals surface area contributed by atoms with Crippen molar-refractivity contribution < 1.29 is 14.6 Å². The lowest BCUT2D eigenvalue weighted by atomic mass is 9.80. The molecule has 110 valence electrons. The van der Waals surface area contributed by atoms with Crippen LogP contribution in [0.25, 0.3) is 0 Å². The van der Waals surface area contributed by atoms with Gasteiger partial charge in [-0.25, -0.2) is 0 Å². The number of ether oxygens (including phenoxy) is 1. The fourth-order valence-corrected chi connectivity index (χ4v) is 2.65. The average molecular weight is 277 g/mol. The number of carbonyl (C=O) groups is 1. The van der Waals surface area contributed by atoms with E-state index in [4.69, 9.17) is 4.74 Å². The van der Waals surface area contributed by atoms with Crippen LogP contribution in [-0.2, 0) is 14.9 Å². The van der Waals surface area contributed by atoms with Gasteiger partial charge in [-0.3, -0.25) is 9.69 Å². The summed E-state index contributed by atoms with van der Waals surface area (Å²) in [5.41, 5.74) is -0.200. The van der Waals surface area contributed by atoms with Crippen LogP contribution in [0.5, 0.6) is 0 Å². The van der Waals surface area contributed by atoms with E-state index in [0.29, 0.717) is 19.8 Å². The Morgan fingerprint density at radius 1 is 1.40 bits per heavy atom. The molecular formula is C16H23NO3. The summed E-state index contributed by atoms with van der Waals surface area (Å²) in [6.07, 6.45) is 0. The zero-order chi connectivity index (χ0) is 14.8. The number of hydrogen-bond acceptors (Lipinski definition) is 3. The molecule has 1 aromatic carbocycles. The second-order valence-electron chi connectivity index (χ2n) is 6.29. The van der Waals surface area contributed by atoms with Crippen molar-refractivity contribution >= 4 is 5.97 Å². The second kappa shape index (κ2) is 5.54. The maximum absolute atomic E-state index is 11.8. The Hall–Kier alpha value is -1.39. The third-order valence-electron chi connectivity index (χ3n) is 4.21. The summed E-state index contributed by atoms with van der Waals surface area (Å²) < 4.78 is 5.51. The van der Waals surface area contributed by atoms with E-state index in [2.05, 4.69) is 18.7 Å². The van der Waals surface area contributed by atoms with Crippen molar-refractivity contribution in [1.82, 2.24) is 4.90 Å². The van der Waals surface area contributed by atoms with Crippen molar-refractivity contribution in [3.63, 3.8) is 0 Å². The molecule has 0 radical (unpaired) electrons. The molecule has 2 rings (SSSR count). The van der Waals surface area contributed by atoms with Gasteiger partial charge in [0.2, 0.25) is 0 Å². The Morgan fingerprint density at radius 3 is 2.60 bits per heavy atom. The number of hydrogen-bond donors (Lipinski definition) is 1. The van der Waals surface area contributed by atoms with Gasteiger partial charge in [0.05, 0.1) is 13.2 Å². The first-order chi connectivity index (χ1) is 9.36. The molecule has 1 unspecified atom stereocenters. The first-order valence-electron chi connectivity index (χ1n) is 6.98. The maximum atomic E-state index is 11.8. The van der Waals surface area contributed by atoms with Gasteiger partial charge in [-0.15, -0.1) is 0 Å². The molecule has 1 atom stereocenters. The molecule has 0 aromatic heterocycles. The van der Waals surface area contributed by atoms with Crippen LogP contribution in [0.1, 0.15) is 26.3 Å². The van der Waals surface area contributed by atoms with Crippen molar-refractivity contribution in [3.8, 4) is 0 Å². The molecule has 1 fully saturated rings. The van der Waals surface area contributed by atoms with Crippen LogP contribution in [0.4, 0.5) is 0 Å². The third-order valence-corrected chi connectivity index (χ3v) is 4.21. The molecule has 4 nitrogen and oxygen atoms in total. The molecule has 1 aromatic rings. The number of carboxylic acids is 1. The summed E-state index contributed by atoms with van der Waals surface area (Å²) >= 11 is 0. The minimum atomic E-state index is -0.907. The highest BCUT2D eigenvalue weighted by atomic mass is 16.5. The number of aliphatic carboxylic acids is 1. The number of carboxylic acid groups (broad SMARTS) is 1. The molecule has 20 heavy (non-hydrogen) atoms. The van der Waals surface area contributed by atoms with Crippen LogP contribution < -0.4 is 0 Å². The second-order valence-corrected chi connectivity index (χ2v) is 6.29. The van der Waals surface area contributed by atoms with Gasteiger partial charge >= 0.3 is 5.97 Å². The lowest BCUT2D eigenvalue weighted by Gasteiger charge is -2.45. The fraction of sp³-hybridized carbons (Fsp3) is 0.562. The zero-order valence-electron chi connectivity index (χ0n) is 12.4. The minimum absolute atomic E-state index is 0.135. The molecule has 0 spiro atoms. The Labute approximate surface area is 120 Å². The summed E-state index contributed by atoms with van der Waals surface area (Å²) in [5, 5.41) is 9.73. The number of morpholine rings is 1. The molecule has 1 aliphatic heterocycles.